The van der Waals surface area contributed by atoms with Gasteiger partial charge in [0, 0.05) is 6.42 Å². The Hall–Kier alpha value is -1.17. The summed E-state index contributed by atoms with van der Waals surface area (Å²) in [4.78, 5) is 16.5. The van der Waals surface area contributed by atoms with E-state index in [-0.39, 0.29) is 5.91 Å². The van der Waals surface area contributed by atoms with E-state index in [2.05, 4.69) is 15.6 Å². The van der Waals surface area contributed by atoms with Crippen molar-refractivity contribution < 1.29 is 4.79 Å². The molecule has 0 spiro atoms. The molecule has 2 aromatic rings. The first-order chi connectivity index (χ1) is 10.2. The monoisotopic (exact) mass is 323 g/mol. The molecule has 0 atom stereocenters. The van der Waals surface area contributed by atoms with E-state index in [0.717, 1.165) is 42.6 Å². The van der Waals surface area contributed by atoms with Crippen molar-refractivity contribution in [2.75, 3.05) is 18.4 Å². The van der Waals surface area contributed by atoms with Crippen LogP contribution in [-0.4, -0.2) is 24.0 Å². The quantitative estimate of drug-likeness (QED) is 0.902. The van der Waals surface area contributed by atoms with Crippen molar-refractivity contribution in [3.05, 3.63) is 22.7 Å². The maximum absolute atomic E-state index is 12.2. The van der Waals surface area contributed by atoms with E-state index in [9.17, 15) is 4.79 Å². The summed E-state index contributed by atoms with van der Waals surface area (Å²) in [7, 11) is 0. The van der Waals surface area contributed by atoms with Gasteiger partial charge in [-0.05, 0) is 50.4 Å². The van der Waals surface area contributed by atoms with Gasteiger partial charge in [0.2, 0.25) is 5.91 Å². The van der Waals surface area contributed by atoms with Gasteiger partial charge in [-0.2, -0.15) is 0 Å². The first kappa shape index (κ1) is 14.8. The molecule has 3 rings (SSSR count). The van der Waals surface area contributed by atoms with Crippen molar-refractivity contribution in [2.24, 2.45) is 5.92 Å². The van der Waals surface area contributed by atoms with Gasteiger partial charge in [-0.1, -0.05) is 11.6 Å². The minimum atomic E-state index is 0.0240. The summed E-state index contributed by atoms with van der Waals surface area (Å²) in [6.07, 6.45) is 3.81. The number of thiazole rings is 1. The number of amides is 1. The number of nitrogens with one attached hydrogen (secondary N) is 2. The molecule has 0 saturated carbocycles. The zero-order chi connectivity index (χ0) is 14.7. The Morgan fingerprint density at radius 3 is 3.05 bits per heavy atom. The van der Waals surface area contributed by atoms with E-state index in [0.29, 0.717) is 23.0 Å². The average Bonchev–Trinajstić information content (AvgIpc) is 2.98. The predicted octanol–water partition coefficient (Wildman–Crippen LogP) is 3.67. The van der Waals surface area contributed by atoms with E-state index in [1.54, 1.807) is 16.8 Å². The summed E-state index contributed by atoms with van der Waals surface area (Å²) in [6.45, 7) is 2.13. The first-order valence-electron chi connectivity index (χ1n) is 7.26. The zero-order valence-corrected chi connectivity index (χ0v) is 13.3. The molecule has 4 nitrogen and oxygen atoms in total. The van der Waals surface area contributed by atoms with Gasteiger partial charge in [-0.15, -0.1) is 11.3 Å². The standard InChI is InChI=1S/C15H18ClN3OS/c16-11-2-3-12-15(18-9-21-12)14(11)19-13(20)4-1-10-5-7-17-8-6-10/h2-3,9-10,17H,1,4-8H2,(H,19,20). The van der Waals surface area contributed by atoms with E-state index in [4.69, 9.17) is 11.6 Å². The van der Waals surface area contributed by atoms with Gasteiger partial charge in [-0.3, -0.25) is 4.79 Å². The van der Waals surface area contributed by atoms with Crippen LogP contribution in [-0.2, 0) is 4.79 Å². The van der Waals surface area contributed by atoms with Crippen molar-refractivity contribution in [1.29, 1.82) is 0 Å². The van der Waals surface area contributed by atoms with Crippen molar-refractivity contribution in [2.45, 2.75) is 25.7 Å². The van der Waals surface area contributed by atoms with Crippen LogP contribution in [0.4, 0.5) is 5.69 Å². The normalized spacial score (nSPS) is 16.2. The maximum Gasteiger partial charge on any atom is 0.224 e. The summed E-state index contributed by atoms with van der Waals surface area (Å²) >= 11 is 7.74. The SMILES string of the molecule is O=C(CCC1CCNCC1)Nc1c(Cl)ccc2scnc12. The van der Waals surface area contributed by atoms with Crippen molar-refractivity contribution in [3.8, 4) is 0 Å². The number of rotatable bonds is 4. The largest absolute Gasteiger partial charge is 0.323 e. The molecule has 0 radical (unpaired) electrons. The van der Waals surface area contributed by atoms with Gasteiger partial charge in [-0.25, -0.2) is 4.98 Å². The number of benzene rings is 1. The number of fused-ring (bicyclic) bond motifs is 1. The van der Waals surface area contributed by atoms with Gasteiger partial charge in [0.15, 0.2) is 0 Å². The molecule has 112 valence electrons. The second-order valence-corrected chi connectivity index (χ2v) is 6.70. The molecule has 1 fully saturated rings. The zero-order valence-electron chi connectivity index (χ0n) is 11.7. The molecule has 2 heterocycles. The van der Waals surface area contributed by atoms with Crippen LogP contribution in [0.1, 0.15) is 25.7 Å². The van der Waals surface area contributed by atoms with Crippen LogP contribution in [0.5, 0.6) is 0 Å². The van der Waals surface area contributed by atoms with E-state index in [1.807, 2.05) is 12.1 Å². The van der Waals surface area contributed by atoms with Gasteiger partial charge in [0.05, 0.1) is 20.9 Å². The smallest absolute Gasteiger partial charge is 0.224 e. The lowest BCUT2D eigenvalue weighted by Crippen LogP contribution is -2.28. The molecule has 1 aromatic carbocycles. The van der Waals surface area contributed by atoms with Crippen LogP contribution in [0, 0.1) is 5.92 Å². The van der Waals surface area contributed by atoms with Crippen molar-refractivity contribution >= 4 is 44.7 Å². The highest BCUT2D eigenvalue weighted by Gasteiger charge is 2.16. The molecule has 0 bridgehead atoms. The van der Waals surface area contributed by atoms with E-state index >= 15 is 0 Å². The molecule has 0 aliphatic carbocycles. The van der Waals surface area contributed by atoms with Crippen LogP contribution >= 0.6 is 22.9 Å². The van der Waals surface area contributed by atoms with Gasteiger partial charge < -0.3 is 10.6 Å². The Bertz CT molecular complexity index is 637. The second kappa shape index (κ2) is 6.73. The van der Waals surface area contributed by atoms with Gasteiger partial charge in [0.1, 0.15) is 5.52 Å². The lowest BCUT2D eigenvalue weighted by molar-refractivity contribution is -0.116. The fourth-order valence-corrected chi connectivity index (χ4v) is 3.62. The minimum Gasteiger partial charge on any atom is -0.323 e. The van der Waals surface area contributed by atoms with E-state index in [1.165, 1.54) is 0 Å². The first-order valence-corrected chi connectivity index (χ1v) is 8.52. The number of carbonyl (C=O) groups excluding carboxylic acids is 1. The minimum absolute atomic E-state index is 0.0240. The molecule has 1 amide bonds. The number of hydrogen-bond donors (Lipinski definition) is 2. The molecule has 1 aliphatic heterocycles. The predicted molar refractivity (Wildman–Crippen MR) is 88.1 cm³/mol. The van der Waals surface area contributed by atoms with Crippen LogP contribution < -0.4 is 10.6 Å². The number of hydrogen-bond acceptors (Lipinski definition) is 4. The highest BCUT2D eigenvalue weighted by molar-refractivity contribution is 7.16. The lowest BCUT2D eigenvalue weighted by atomic mass is 9.93. The fraction of sp³-hybridized carbons (Fsp3) is 0.467. The second-order valence-electron chi connectivity index (χ2n) is 5.40. The van der Waals surface area contributed by atoms with Gasteiger partial charge in [0.25, 0.3) is 0 Å². The van der Waals surface area contributed by atoms with Crippen molar-refractivity contribution in [3.63, 3.8) is 0 Å². The number of anilines is 1. The Balaban J connectivity index is 1.63. The Morgan fingerprint density at radius 1 is 1.43 bits per heavy atom. The average molecular weight is 324 g/mol. The van der Waals surface area contributed by atoms with Crippen molar-refractivity contribution in [1.82, 2.24) is 10.3 Å². The molecular formula is C15H18ClN3OS. The molecule has 0 unspecified atom stereocenters. The molecule has 1 aliphatic rings. The van der Waals surface area contributed by atoms with Crippen LogP contribution in [0.25, 0.3) is 10.2 Å². The molecule has 1 saturated heterocycles. The molecule has 1 aromatic heterocycles. The summed E-state index contributed by atoms with van der Waals surface area (Å²) in [5.74, 6) is 0.679. The third kappa shape index (κ3) is 3.54. The number of halogens is 1. The fourth-order valence-electron chi connectivity index (χ4n) is 2.73. The Kier molecular flexibility index (Phi) is 4.73. The molecular weight excluding hydrogens is 306 g/mol. The number of aromatic nitrogens is 1. The molecule has 6 heteroatoms. The van der Waals surface area contributed by atoms with Gasteiger partial charge >= 0.3 is 0 Å². The number of piperidine rings is 1. The molecule has 21 heavy (non-hydrogen) atoms. The highest BCUT2D eigenvalue weighted by atomic mass is 35.5. The highest BCUT2D eigenvalue weighted by Crippen LogP contribution is 2.32. The third-order valence-corrected chi connectivity index (χ3v) is 5.06. The summed E-state index contributed by atoms with van der Waals surface area (Å²) < 4.78 is 1.04. The molecule has 2 N–H and O–H groups in total. The topological polar surface area (TPSA) is 54.0 Å². The summed E-state index contributed by atoms with van der Waals surface area (Å²) in [6, 6.07) is 3.74. The van der Waals surface area contributed by atoms with Crippen LogP contribution in [0.3, 0.4) is 0 Å². The van der Waals surface area contributed by atoms with Crippen LogP contribution in [0.2, 0.25) is 5.02 Å². The number of nitrogens with zero attached hydrogens (tertiary/aromatic N) is 1. The Morgan fingerprint density at radius 2 is 2.24 bits per heavy atom. The number of carbonyl (C=O) groups is 1. The summed E-state index contributed by atoms with van der Waals surface area (Å²) in [5.41, 5.74) is 3.19. The lowest BCUT2D eigenvalue weighted by Gasteiger charge is -2.22. The van der Waals surface area contributed by atoms with Crippen LogP contribution in [0.15, 0.2) is 17.6 Å². The van der Waals surface area contributed by atoms with E-state index < -0.39 is 0 Å². The summed E-state index contributed by atoms with van der Waals surface area (Å²) in [5, 5.41) is 6.82. The maximum atomic E-state index is 12.2. The third-order valence-electron chi connectivity index (χ3n) is 3.95. The Labute approximate surface area is 132 Å².